The third-order valence-corrected chi connectivity index (χ3v) is 8.01. The van der Waals surface area contributed by atoms with Gasteiger partial charge in [0.05, 0.1) is 30.2 Å². The molecule has 1 aromatic carbocycles. The molecule has 16 heteroatoms. The lowest BCUT2D eigenvalue weighted by molar-refractivity contribution is -0.117. The van der Waals surface area contributed by atoms with Gasteiger partial charge in [-0.05, 0) is 56.3 Å². The maximum Gasteiger partial charge on any atom is 0.272 e. The fourth-order valence-corrected chi connectivity index (χ4v) is 5.35. The number of amides is 3. The molecular formula is C28H39B3N8O4S. The van der Waals surface area contributed by atoms with Crippen molar-refractivity contribution in [1.82, 2.24) is 30.7 Å². The van der Waals surface area contributed by atoms with Crippen molar-refractivity contribution in [3.63, 3.8) is 0 Å². The maximum atomic E-state index is 13.2. The van der Waals surface area contributed by atoms with E-state index in [1.165, 1.54) is 11.3 Å². The van der Waals surface area contributed by atoms with E-state index >= 15 is 0 Å². The number of ether oxygens (including phenoxy) is 1. The average molecular weight is 616 g/mol. The first-order chi connectivity index (χ1) is 21.0. The van der Waals surface area contributed by atoms with Gasteiger partial charge in [-0.1, -0.05) is 19.9 Å². The van der Waals surface area contributed by atoms with E-state index in [9.17, 15) is 14.4 Å². The zero-order valence-corrected chi connectivity index (χ0v) is 27.1. The van der Waals surface area contributed by atoms with Crippen molar-refractivity contribution in [3.05, 3.63) is 41.0 Å². The minimum atomic E-state index is -0.507. The number of para-hydroxylation sites is 1. The second kappa shape index (κ2) is 14.7. The number of anilines is 3. The average Bonchev–Trinajstić information content (AvgIpc) is 3.72. The predicted molar refractivity (Wildman–Crippen MR) is 181 cm³/mol. The number of aromatic nitrogens is 3. The second-order valence-corrected chi connectivity index (χ2v) is 12.7. The van der Waals surface area contributed by atoms with Gasteiger partial charge in [0, 0.05) is 18.5 Å². The molecule has 0 aliphatic heterocycles. The number of thiazole rings is 1. The van der Waals surface area contributed by atoms with Gasteiger partial charge in [-0.15, -0.1) is 21.5 Å². The summed E-state index contributed by atoms with van der Waals surface area (Å²) in [5, 5.41) is 20.3. The fourth-order valence-electron chi connectivity index (χ4n) is 4.49. The summed E-state index contributed by atoms with van der Waals surface area (Å²) in [4.78, 5) is 45.7. The van der Waals surface area contributed by atoms with Crippen LogP contribution in [0, 0.1) is 5.92 Å². The maximum absolute atomic E-state index is 13.2. The Labute approximate surface area is 264 Å². The first kappa shape index (κ1) is 33.0. The molecule has 4 N–H and O–H groups in total. The van der Waals surface area contributed by atoms with Crippen molar-refractivity contribution in [3.8, 4) is 16.3 Å². The van der Waals surface area contributed by atoms with Gasteiger partial charge in [0.1, 0.15) is 33.4 Å². The number of hydrogen-bond acceptors (Lipinski definition) is 10. The Balaban J connectivity index is 1.56. The summed E-state index contributed by atoms with van der Waals surface area (Å²) in [6.45, 7) is 7.74. The van der Waals surface area contributed by atoms with Crippen LogP contribution in [0.25, 0.3) is 10.6 Å². The standard InChI is InChI=1S/C28H39B3N8O4S/c1-4-39(5-2)13-7-12-32-25(41)20-15-33-27(44-20)17-8-6-9-18(23(17)43-3)34-19-14-21(35-24(40)16-10-11-16)37-38-22(19)26(42)36-28(29,30)31/h6,8-9,14-16H,4-5,7,10-13,29-31H2,1-3H3,(H,32,41)(H,36,42)(H2,34,35,37,40). The summed E-state index contributed by atoms with van der Waals surface area (Å²) in [7, 11) is 7.16. The predicted octanol–water partition coefficient (Wildman–Crippen LogP) is 0.403. The van der Waals surface area contributed by atoms with Crippen molar-refractivity contribution in [1.29, 1.82) is 0 Å². The van der Waals surface area contributed by atoms with E-state index in [-0.39, 0.29) is 29.2 Å². The summed E-state index contributed by atoms with van der Waals surface area (Å²) < 4.78 is 5.80. The van der Waals surface area contributed by atoms with Crippen LogP contribution in [0.1, 0.15) is 53.3 Å². The van der Waals surface area contributed by atoms with Crippen LogP contribution in [0.4, 0.5) is 17.2 Å². The van der Waals surface area contributed by atoms with Gasteiger partial charge in [-0.25, -0.2) is 4.98 Å². The Morgan fingerprint density at radius 1 is 1.09 bits per heavy atom. The van der Waals surface area contributed by atoms with Gasteiger partial charge in [0.25, 0.3) is 11.8 Å². The number of hydrogen-bond donors (Lipinski definition) is 4. The Kier molecular flexibility index (Phi) is 11.0. The van der Waals surface area contributed by atoms with E-state index < -0.39 is 11.1 Å². The van der Waals surface area contributed by atoms with Crippen LogP contribution >= 0.6 is 11.3 Å². The molecule has 1 fully saturated rings. The van der Waals surface area contributed by atoms with Gasteiger partial charge in [-0.3, -0.25) is 14.4 Å². The topological polar surface area (TPSA) is 150 Å². The molecule has 1 aliphatic rings. The van der Waals surface area contributed by atoms with Crippen molar-refractivity contribution in [2.75, 3.05) is 43.9 Å². The molecule has 1 aliphatic carbocycles. The first-order valence-electron chi connectivity index (χ1n) is 14.9. The number of carbonyl (C=O) groups is 3. The number of benzene rings is 1. The number of rotatable bonds is 15. The molecule has 0 radical (unpaired) electrons. The molecule has 3 aromatic rings. The fraction of sp³-hybridized carbons (Fsp3) is 0.429. The van der Waals surface area contributed by atoms with Crippen LogP contribution in [0.3, 0.4) is 0 Å². The highest BCUT2D eigenvalue weighted by Crippen LogP contribution is 2.40. The lowest BCUT2D eigenvalue weighted by atomic mass is 9.49. The molecule has 1 saturated carbocycles. The summed E-state index contributed by atoms with van der Waals surface area (Å²) >= 11 is 1.27. The summed E-state index contributed by atoms with van der Waals surface area (Å²) in [5.41, 5.74) is 1.62. The van der Waals surface area contributed by atoms with E-state index in [0.717, 1.165) is 38.9 Å². The lowest BCUT2D eigenvalue weighted by Crippen LogP contribution is -2.50. The first-order valence-corrected chi connectivity index (χ1v) is 15.8. The molecule has 4 rings (SSSR count). The normalized spacial score (nSPS) is 12.9. The van der Waals surface area contributed by atoms with Crippen LogP contribution in [0.15, 0.2) is 30.5 Å². The monoisotopic (exact) mass is 616 g/mol. The highest BCUT2D eigenvalue weighted by Gasteiger charge is 2.30. The Morgan fingerprint density at radius 3 is 2.50 bits per heavy atom. The van der Waals surface area contributed by atoms with E-state index in [1.807, 2.05) is 35.7 Å². The zero-order chi connectivity index (χ0) is 31.9. The second-order valence-electron chi connectivity index (χ2n) is 11.6. The van der Waals surface area contributed by atoms with Gasteiger partial charge >= 0.3 is 0 Å². The Morgan fingerprint density at radius 2 is 1.84 bits per heavy atom. The van der Waals surface area contributed by atoms with Crippen molar-refractivity contribution < 1.29 is 19.1 Å². The van der Waals surface area contributed by atoms with Crippen molar-refractivity contribution >= 4 is 69.8 Å². The molecule has 2 heterocycles. The smallest absolute Gasteiger partial charge is 0.272 e. The van der Waals surface area contributed by atoms with Crippen LogP contribution < -0.4 is 26.0 Å². The Bertz CT molecular complexity index is 1490. The third-order valence-electron chi connectivity index (χ3n) is 6.98. The van der Waals surface area contributed by atoms with E-state index in [1.54, 1.807) is 25.4 Å². The van der Waals surface area contributed by atoms with E-state index in [4.69, 9.17) is 4.74 Å². The van der Waals surface area contributed by atoms with Gasteiger partial charge < -0.3 is 30.9 Å². The zero-order valence-electron chi connectivity index (χ0n) is 26.2. The van der Waals surface area contributed by atoms with E-state index in [0.29, 0.717) is 39.1 Å². The molecule has 0 unspecified atom stereocenters. The molecule has 0 saturated heterocycles. The number of methoxy groups -OCH3 is 1. The van der Waals surface area contributed by atoms with Crippen LogP contribution in [0.2, 0.25) is 0 Å². The molecule has 12 nitrogen and oxygen atoms in total. The van der Waals surface area contributed by atoms with Crippen LogP contribution in [-0.4, -0.2) is 99.9 Å². The lowest BCUT2D eigenvalue weighted by Gasteiger charge is -2.22. The SMILES string of the molecule is BC(B)(B)NC(=O)c1nnc(NC(=O)C2CC2)cc1Nc1cccc(-c2ncc(C(=O)NCCCN(CC)CC)s2)c1OC. The van der Waals surface area contributed by atoms with Crippen LogP contribution in [-0.2, 0) is 4.79 Å². The van der Waals surface area contributed by atoms with Gasteiger partial charge in [0.15, 0.2) is 17.3 Å². The summed E-state index contributed by atoms with van der Waals surface area (Å²) in [6.07, 6.45) is 4.12. The van der Waals surface area contributed by atoms with Crippen molar-refractivity contribution in [2.24, 2.45) is 5.92 Å². The molecule has 44 heavy (non-hydrogen) atoms. The minimum absolute atomic E-state index is 0.0217. The third kappa shape index (κ3) is 8.82. The molecular weight excluding hydrogens is 577 g/mol. The number of nitrogens with zero attached hydrogens (tertiary/aromatic N) is 4. The highest BCUT2D eigenvalue weighted by molar-refractivity contribution is 7.17. The minimum Gasteiger partial charge on any atom is -0.494 e. The highest BCUT2D eigenvalue weighted by atomic mass is 32.1. The Hall–Kier alpha value is -3.91. The summed E-state index contributed by atoms with van der Waals surface area (Å²) in [6, 6.07) is 7.07. The van der Waals surface area contributed by atoms with Crippen LogP contribution in [0.5, 0.6) is 5.75 Å². The molecule has 2 aromatic heterocycles. The molecule has 3 amide bonds. The largest absolute Gasteiger partial charge is 0.494 e. The quantitative estimate of drug-likeness (QED) is 0.141. The molecule has 0 spiro atoms. The molecule has 0 atom stereocenters. The van der Waals surface area contributed by atoms with Gasteiger partial charge in [0.2, 0.25) is 5.91 Å². The van der Waals surface area contributed by atoms with Gasteiger partial charge in [-0.2, -0.15) is 0 Å². The summed E-state index contributed by atoms with van der Waals surface area (Å²) in [5.74, 6) is -0.0269. The molecule has 230 valence electrons. The van der Waals surface area contributed by atoms with E-state index in [2.05, 4.69) is 55.2 Å². The molecule has 0 bridgehead atoms. The number of carbonyl (C=O) groups excluding carboxylic acids is 3. The number of nitrogens with one attached hydrogen (secondary N) is 4. The van der Waals surface area contributed by atoms with Crippen molar-refractivity contribution in [2.45, 2.75) is 38.3 Å².